The van der Waals surface area contributed by atoms with Crippen molar-refractivity contribution < 1.29 is 14.3 Å². The molecule has 0 radical (unpaired) electrons. The van der Waals surface area contributed by atoms with E-state index < -0.39 is 0 Å². The minimum atomic E-state index is -0.00907. The summed E-state index contributed by atoms with van der Waals surface area (Å²) in [5.41, 5.74) is 4.08. The molecule has 0 aliphatic carbocycles. The third-order valence-electron chi connectivity index (χ3n) is 4.06. The molecule has 1 aliphatic rings. The van der Waals surface area contributed by atoms with Crippen molar-refractivity contribution in [2.24, 2.45) is 0 Å². The van der Waals surface area contributed by atoms with Crippen LogP contribution in [0.25, 0.3) is 0 Å². The molecule has 1 heterocycles. The van der Waals surface area contributed by atoms with Crippen LogP contribution in [0.5, 0.6) is 11.5 Å². The largest absolute Gasteiger partial charge is 0.497 e. The molecule has 0 saturated heterocycles. The van der Waals surface area contributed by atoms with Gasteiger partial charge in [0.15, 0.2) is 0 Å². The van der Waals surface area contributed by atoms with Crippen LogP contribution in [0.15, 0.2) is 36.4 Å². The van der Waals surface area contributed by atoms with Crippen molar-refractivity contribution in [1.82, 2.24) is 0 Å². The fraction of sp³-hybridized carbons (Fsp3) is 0.278. The second-order valence-corrected chi connectivity index (χ2v) is 5.51. The lowest BCUT2D eigenvalue weighted by atomic mass is 9.84. The molecular formula is C18H19NO3. The van der Waals surface area contributed by atoms with Crippen LogP contribution in [0.2, 0.25) is 0 Å². The van der Waals surface area contributed by atoms with Gasteiger partial charge in [-0.1, -0.05) is 29.8 Å². The lowest BCUT2D eigenvalue weighted by molar-refractivity contribution is -0.116. The van der Waals surface area contributed by atoms with Crippen LogP contribution in [0.1, 0.15) is 29.0 Å². The molecule has 0 fully saturated rings. The van der Waals surface area contributed by atoms with Crippen LogP contribution in [-0.4, -0.2) is 20.1 Å². The molecule has 3 rings (SSSR count). The summed E-state index contributed by atoms with van der Waals surface area (Å²) in [4.78, 5) is 12.1. The zero-order valence-electron chi connectivity index (χ0n) is 13.0. The van der Waals surface area contributed by atoms with E-state index in [-0.39, 0.29) is 11.8 Å². The van der Waals surface area contributed by atoms with Gasteiger partial charge in [0.1, 0.15) is 11.5 Å². The summed E-state index contributed by atoms with van der Waals surface area (Å²) in [5.74, 6) is 1.40. The Morgan fingerprint density at radius 3 is 2.45 bits per heavy atom. The Morgan fingerprint density at radius 1 is 1.09 bits per heavy atom. The van der Waals surface area contributed by atoms with Crippen LogP contribution >= 0.6 is 0 Å². The number of fused-ring (bicyclic) bond motifs is 1. The number of anilines is 1. The first-order valence-corrected chi connectivity index (χ1v) is 7.24. The summed E-state index contributed by atoms with van der Waals surface area (Å²) in [7, 11) is 3.24. The lowest BCUT2D eigenvalue weighted by Gasteiger charge is -2.28. The van der Waals surface area contributed by atoms with Gasteiger partial charge in [0.2, 0.25) is 5.91 Å². The van der Waals surface area contributed by atoms with E-state index in [1.807, 2.05) is 12.1 Å². The zero-order valence-corrected chi connectivity index (χ0v) is 13.0. The normalized spacial score (nSPS) is 16.7. The topological polar surface area (TPSA) is 47.6 Å². The van der Waals surface area contributed by atoms with E-state index >= 15 is 0 Å². The predicted octanol–water partition coefficient (Wildman–Crippen LogP) is 3.49. The van der Waals surface area contributed by atoms with E-state index in [1.165, 1.54) is 5.56 Å². The van der Waals surface area contributed by atoms with E-state index in [2.05, 4.69) is 36.5 Å². The van der Waals surface area contributed by atoms with Gasteiger partial charge in [0.05, 0.1) is 19.9 Å². The van der Waals surface area contributed by atoms with Crippen molar-refractivity contribution in [2.45, 2.75) is 19.3 Å². The summed E-state index contributed by atoms with van der Waals surface area (Å²) in [6.07, 6.45) is 0.415. The monoisotopic (exact) mass is 297 g/mol. The highest BCUT2D eigenvalue weighted by Crippen LogP contribution is 2.44. The molecule has 22 heavy (non-hydrogen) atoms. The maximum Gasteiger partial charge on any atom is 0.225 e. The van der Waals surface area contributed by atoms with E-state index in [1.54, 1.807) is 14.2 Å². The number of aryl methyl sites for hydroxylation is 1. The molecule has 4 nitrogen and oxygen atoms in total. The standard InChI is InChI=1S/C18H19NO3/c1-11-4-6-12(7-5-11)14-10-17(20)19-15-8-13(21-2)9-16(22-3)18(14)15/h4-9,14H,10H2,1-3H3,(H,19,20)/t14-/m1/s1. The number of benzene rings is 2. The van der Waals surface area contributed by atoms with Crippen LogP contribution in [0.4, 0.5) is 5.69 Å². The van der Waals surface area contributed by atoms with Crippen molar-refractivity contribution in [2.75, 3.05) is 19.5 Å². The average molecular weight is 297 g/mol. The van der Waals surface area contributed by atoms with Gasteiger partial charge in [-0.25, -0.2) is 0 Å². The Morgan fingerprint density at radius 2 is 1.82 bits per heavy atom. The summed E-state index contributed by atoms with van der Waals surface area (Å²) in [5, 5.41) is 2.92. The van der Waals surface area contributed by atoms with Gasteiger partial charge in [-0.3, -0.25) is 4.79 Å². The van der Waals surface area contributed by atoms with E-state index in [0.717, 1.165) is 22.6 Å². The predicted molar refractivity (Wildman–Crippen MR) is 85.8 cm³/mol. The van der Waals surface area contributed by atoms with Crippen molar-refractivity contribution in [1.29, 1.82) is 0 Å². The number of nitrogens with one attached hydrogen (secondary N) is 1. The maximum atomic E-state index is 12.1. The fourth-order valence-corrected chi connectivity index (χ4v) is 2.92. The number of rotatable bonds is 3. The van der Waals surface area contributed by atoms with E-state index in [4.69, 9.17) is 9.47 Å². The number of amides is 1. The molecule has 0 aromatic heterocycles. The Hall–Kier alpha value is -2.49. The molecule has 1 amide bonds. The zero-order chi connectivity index (χ0) is 15.7. The Bertz CT molecular complexity index is 707. The van der Waals surface area contributed by atoms with Gasteiger partial charge >= 0.3 is 0 Å². The molecule has 0 unspecified atom stereocenters. The molecule has 114 valence electrons. The SMILES string of the molecule is COc1cc2c(c(OC)c1)[C@@H](c1ccc(C)cc1)CC(=O)N2. The molecule has 4 heteroatoms. The van der Waals surface area contributed by atoms with Crippen molar-refractivity contribution in [3.05, 3.63) is 53.1 Å². The second-order valence-electron chi connectivity index (χ2n) is 5.51. The number of carbonyl (C=O) groups excluding carboxylic acids is 1. The van der Waals surface area contributed by atoms with Gasteiger partial charge in [0, 0.05) is 30.0 Å². The highest BCUT2D eigenvalue weighted by atomic mass is 16.5. The fourth-order valence-electron chi connectivity index (χ4n) is 2.92. The molecule has 2 aromatic rings. The van der Waals surface area contributed by atoms with Crippen LogP contribution in [-0.2, 0) is 4.79 Å². The Labute approximate surface area is 130 Å². The molecule has 1 aliphatic heterocycles. The first-order valence-electron chi connectivity index (χ1n) is 7.24. The number of hydrogen-bond donors (Lipinski definition) is 1. The molecule has 0 bridgehead atoms. The van der Waals surface area contributed by atoms with Gasteiger partial charge in [-0.15, -0.1) is 0 Å². The summed E-state index contributed by atoms with van der Waals surface area (Å²) >= 11 is 0. The maximum absolute atomic E-state index is 12.1. The minimum Gasteiger partial charge on any atom is -0.497 e. The molecule has 0 saturated carbocycles. The molecule has 1 N–H and O–H groups in total. The Kier molecular flexibility index (Phi) is 3.75. The summed E-state index contributed by atoms with van der Waals surface area (Å²) in [6.45, 7) is 2.05. The molecule has 2 aromatic carbocycles. The molecular weight excluding hydrogens is 278 g/mol. The number of methoxy groups -OCH3 is 2. The van der Waals surface area contributed by atoms with Gasteiger partial charge in [0.25, 0.3) is 0 Å². The Balaban J connectivity index is 2.15. The summed E-state index contributed by atoms with van der Waals surface area (Å²) < 4.78 is 10.8. The third-order valence-corrected chi connectivity index (χ3v) is 4.06. The molecule has 1 atom stereocenters. The average Bonchev–Trinajstić information content (AvgIpc) is 2.53. The van der Waals surface area contributed by atoms with Crippen molar-refractivity contribution >= 4 is 11.6 Å². The minimum absolute atomic E-state index is 0.00776. The smallest absolute Gasteiger partial charge is 0.225 e. The van der Waals surface area contributed by atoms with Crippen LogP contribution < -0.4 is 14.8 Å². The number of ether oxygens (including phenoxy) is 2. The van der Waals surface area contributed by atoms with Crippen molar-refractivity contribution in [3.63, 3.8) is 0 Å². The quantitative estimate of drug-likeness (QED) is 0.943. The van der Waals surface area contributed by atoms with Gasteiger partial charge < -0.3 is 14.8 Å². The van der Waals surface area contributed by atoms with Crippen LogP contribution in [0.3, 0.4) is 0 Å². The first-order chi connectivity index (χ1) is 10.6. The number of hydrogen-bond acceptors (Lipinski definition) is 3. The first kappa shape index (κ1) is 14.4. The molecule has 0 spiro atoms. The van der Waals surface area contributed by atoms with E-state index in [9.17, 15) is 4.79 Å². The highest BCUT2D eigenvalue weighted by molar-refractivity contribution is 5.96. The van der Waals surface area contributed by atoms with Gasteiger partial charge in [-0.2, -0.15) is 0 Å². The highest BCUT2D eigenvalue weighted by Gasteiger charge is 2.30. The van der Waals surface area contributed by atoms with E-state index in [0.29, 0.717) is 12.2 Å². The second kappa shape index (κ2) is 5.72. The van der Waals surface area contributed by atoms with Gasteiger partial charge in [-0.05, 0) is 12.5 Å². The third kappa shape index (κ3) is 2.52. The van der Waals surface area contributed by atoms with Crippen LogP contribution in [0, 0.1) is 6.92 Å². The van der Waals surface area contributed by atoms with Crippen molar-refractivity contribution in [3.8, 4) is 11.5 Å². The lowest BCUT2D eigenvalue weighted by Crippen LogP contribution is -2.24. The number of carbonyl (C=O) groups is 1. The summed E-state index contributed by atoms with van der Waals surface area (Å²) in [6, 6.07) is 12.0.